The molecule has 0 aromatic rings. The van der Waals surface area contributed by atoms with Crippen LogP contribution in [-0.2, 0) is 4.74 Å². The summed E-state index contributed by atoms with van der Waals surface area (Å²) in [6.45, 7) is 12.1. The van der Waals surface area contributed by atoms with E-state index in [0.717, 1.165) is 0 Å². The quantitative estimate of drug-likeness (QED) is 0.750. The summed E-state index contributed by atoms with van der Waals surface area (Å²) in [5.74, 6) is 1.93. The van der Waals surface area contributed by atoms with Gasteiger partial charge in [0.1, 0.15) is 0 Å². The molecule has 1 fully saturated rings. The smallest absolute Gasteiger partial charge is 0.0666 e. The lowest BCUT2D eigenvalue weighted by molar-refractivity contribution is -0.174. The minimum absolute atomic E-state index is 0.0600. The SMILES string of the molecule is CC1=C[C@H](C)[C@@]2(CO)CO[C@H](C(C)C)[C@H]1[C@@H]2C. The summed E-state index contributed by atoms with van der Waals surface area (Å²) >= 11 is 0. The monoisotopic (exact) mass is 238 g/mol. The van der Waals surface area contributed by atoms with E-state index in [1.54, 1.807) is 0 Å². The highest BCUT2D eigenvalue weighted by Gasteiger charge is 2.53. The highest BCUT2D eigenvalue weighted by atomic mass is 16.5. The second-order valence-electron chi connectivity index (χ2n) is 6.42. The van der Waals surface area contributed by atoms with Crippen molar-refractivity contribution >= 4 is 0 Å². The van der Waals surface area contributed by atoms with Crippen LogP contribution in [0.5, 0.6) is 0 Å². The van der Waals surface area contributed by atoms with Gasteiger partial charge in [-0.05, 0) is 24.7 Å². The Bertz CT molecular complexity index is 321. The number of hydrogen-bond acceptors (Lipinski definition) is 2. The Kier molecular flexibility index (Phi) is 3.39. The summed E-state index contributed by atoms with van der Waals surface area (Å²) in [4.78, 5) is 0. The van der Waals surface area contributed by atoms with Crippen LogP contribution in [0.3, 0.4) is 0 Å². The van der Waals surface area contributed by atoms with Gasteiger partial charge in [-0.3, -0.25) is 0 Å². The third-order valence-electron chi connectivity index (χ3n) is 5.24. The fourth-order valence-electron chi connectivity index (χ4n) is 3.94. The summed E-state index contributed by atoms with van der Waals surface area (Å²) in [7, 11) is 0. The van der Waals surface area contributed by atoms with Crippen LogP contribution in [0.25, 0.3) is 0 Å². The zero-order valence-electron chi connectivity index (χ0n) is 11.7. The average Bonchev–Trinajstić information content (AvgIpc) is 2.26. The number of allylic oxidation sites excluding steroid dienone is 1. The molecular formula is C15H26O2. The van der Waals surface area contributed by atoms with Gasteiger partial charge in [-0.25, -0.2) is 0 Å². The zero-order chi connectivity index (χ0) is 12.8. The molecule has 2 heteroatoms. The van der Waals surface area contributed by atoms with Gasteiger partial charge in [0, 0.05) is 11.3 Å². The summed E-state index contributed by atoms with van der Waals surface area (Å²) in [5.41, 5.74) is 1.39. The lowest BCUT2D eigenvalue weighted by atomic mass is 9.55. The van der Waals surface area contributed by atoms with Crippen molar-refractivity contribution in [2.45, 2.75) is 40.7 Å². The maximum Gasteiger partial charge on any atom is 0.0666 e. The predicted molar refractivity (Wildman–Crippen MR) is 69.7 cm³/mol. The van der Waals surface area contributed by atoms with Gasteiger partial charge >= 0.3 is 0 Å². The molecule has 0 amide bonds. The number of fused-ring (bicyclic) bond motifs is 2. The molecule has 0 saturated carbocycles. The van der Waals surface area contributed by atoms with Crippen LogP contribution >= 0.6 is 0 Å². The normalized spacial score (nSPS) is 45.9. The first-order valence-corrected chi connectivity index (χ1v) is 6.85. The van der Waals surface area contributed by atoms with Gasteiger partial charge in [-0.2, -0.15) is 0 Å². The Morgan fingerprint density at radius 2 is 2.12 bits per heavy atom. The minimum atomic E-state index is -0.0600. The minimum Gasteiger partial charge on any atom is -0.396 e. The first-order valence-electron chi connectivity index (χ1n) is 6.85. The van der Waals surface area contributed by atoms with Crippen molar-refractivity contribution in [2.75, 3.05) is 13.2 Å². The molecule has 0 radical (unpaired) electrons. The average molecular weight is 238 g/mol. The van der Waals surface area contributed by atoms with Crippen LogP contribution in [0.1, 0.15) is 34.6 Å². The molecule has 98 valence electrons. The maximum absolute atomic E-state index is 9.84. The molecule has 1 aliphatic carbocycles. The van der Waals surface area contributed by atoms with Crippen LogP contribution in [0, 0.1) is 29.1 Å². The van der Waals surface area contributed by atoms with Gasteiger partial charge in [0.2, 0.25) is 0 Å². The summed E-state index contributed by atoms with van der Waals surface area (Å²) in [6.07, 6.45) is 2.67. The molecule has 0 aromatic carbocycles. The second kappa shape index (κ2) is 4.40. The molecule has 2 bridgehead atoms. The third-order valence-corrected chi connectivity index (χ3v) is 5.24. The van der Waals surface area contributed by atoms with Crippen molar-refractivity contribution in [2.24, 2.45) is 29.1 Å². The molecule has 1 aliphatic heterocycles. The number of aliphatic hydroxyl groups is 1. The largest absolute Gasteiger partial charge is 0.396 e. The van der Waals surface area contributed by atoms with E-state index >= 15 is 0 Å². The number of aliphatic hydroxyl groups excluding tert-OH is 1. The van der Waals surface area contributed by atoms with Crippen molar-refractivity contribution in [3.05, 3.63) is 11.6 Å². The molecule has 1 N–H and O–H groups in total. The van der Waals surface area contributed by atoms with Gasteiger partial charge in [0.05, 0.1) is 19.3 Å². The van der Waals surface area contributed by atoms with Crippen molar-refractivity contribution in [3.8, 4) is 0 Å². The molecule has 2 aliphatic rings. The van der Waals surface area contributed by atoms with E-state index < -0.39 is 0 Å². The van der Waals surface area contributed by atoms with E-state index in [-0.39, 0.29) is 12.0 Å². The number of rotatable bonds is 2. The number of ether oxygens (including phenoxy) is 1. The lowest BCUT2D eigenvalue weighted by Gasteiger charge is -2.55. The molecule has 0 aromatic heterocycles. The molecule has 1 saturated heterocycles. The molecule has 0 spiro atoms. The van der Waals surface area contributed by atoms with Gasteiger partial charge in [-0.1, -0.05) is 39.3 Å². The van der Waals surface area contributed by atoms with E-state index in [2.05, 4.69) is 40.7 Å². The highest BCUT2D eigenvalue weighted by Crippen LogP contribution is 2.53. The molecule has 2 rings (SSSR count). The second-order valence-corrected chi connectivity index (χ2v) is 6.42. The lowest BCUT2D eigenvalue weighted by Crippen LogP contribution is -2.57. The highest BCUT2D eigenvalue weighted by molar-refractivity contribution is 5.21. The molecule has 1 heterocycles. The van der Waals surface area contributed by atoms with Crippen molar-refractivity contribution in [3.63, 3.8) is 0 Å². The van der Waals surface area contributed by atoms with Gasteiger partial charge in [0.15, 0.2) is 0 Å². The molecule has 5 atom stereocenters. The van der Waals surface area contributed by atoms with Crippen LogP contribution in [0.2, 0.25) is 0 Å². The summed E-state index contributed by atoms with van der Waals surface area (Å²) < 4.78 is 6.11. The fourth-order valence-corrected chi connectivity index (χ4v) is 3.94. The standard InChI is InChI=1S/C15H26O2/c1-9(2)14-13-10(3)6-11(4)15(7-16,8-17-14)12(13)5/h6,9,11-14,16H,7-8H2,1-5H3/t11-,12-,13+,14+,15+/m0/s1. The molecule has 0 unspecified atom stereocenters. The summed E-state index contributed by atoms with van der Waals surface area (Å²) in [5, 5.41) is 9.84. The zero-order valence-corrected chi connectivity index (χ0v) is 11.7. The van der Waals surface area contributed by atoms with Crippen molar-refractivity contribution < 1.29 is 9.84 Å². The Morgan fingerprint density at radius 3 is 2.65 bits per heavy atom. The van der Waals surface area contributed by atoms with Gasteiger partial charge in [-0.15, -0.1) is 0 Å². The van der Waals surface area contributed by atoms with Crippen LogP contribution in [0.15, 0.2) is 11.6 Å². The number of hydrogen-bond donors (Lipinski definition) is 1. The van der Waals surface area contributed by atoms with E-state index in [1.807, 2.05) is 0 Å². The Hall–Kier alpha value is -0.340. The Morgan fingerprint density at radius 1 is 1.47 bits per heavy atom. The Balaban J connectivity index is 2.41. The molecule has 17 heavy (non-hydrogen) atoms. The van der Waals surface area contributed by atoms with Gasteiger partial charge in [0.25, 0.3) is 0 Å². The third kappa shape index (κ3) is 1.77. The van der Waals surface area contributed by atoms with E-state index in [0.29, 0.717) is 36.4 Å². The van der Waals surface area contributed by atoms with E-state index in [4.69, 9.17) is 4.74 Å². The van der Waals surface area contributed by atoms with Gasteiger partial charge < -0.3 is 9.84 Å². The van der Waals surface area contributed by atoms with Crippen molar-refractivity contribution in [1.29, 1.82) is 0 Å². The first-order chi connectivity index (χ1) is 7.94. The van der Waals surface area contributed by atoms with Crippen LogP contribution in [-0.4, -0.2) is 24.4 Å². The fraction of sp³-hybridized carbons (Fsp3) is 0.867. The van der Waals surface area contributed by atoms with Crippen molar-refractivity contribution in [1.82, 2.24) is 0 Å². The predicted octanol–water partition coefficient (Wildman–Crippen LogP) is 2.87. The van der Waals surface area contributed by atoms with E-state index in [1.165, 1.54) is 5.57 Å². The van der Waals surface area contributed by atoms with Crippen LogP contribution in [0.4, 0.5) is 0 Å². The summed E-state index contributed by atoms with van der Waals surface area (Å²) in [6, 6.07) is 0. The first kappa shape index (κ1) is 13.1. The topological polar surface area (TPSA) is 29.5 Å². The molecular weight excluding hydrogens is 212 g/mol. The Labute approximate surface area is 105 Å². The van der Waals surface area contributed by atoms with Crippen LogP contribution < -0.4 is 0 Å². The molecule has 2 nitrogen and oxygen atoms in total. The van der Waals surface area contributed by atoms with E-state index in [9.17, 15) is 5.11 Å². The maximum atomic E-state index is 9.84.